The number of nitro benzene ring substituents is 1. The Morgan fingerprint density at radius 2 is 1.81 bits per heavy atom. The molecule has 9 heteroatoms. The highest BCUT2D eigenvalue weighted by Gasteiger charge is 2.11. The van der Waals surface area contributed by atoms with E-state index in [4.69, 9.17) is 0 Å². The van der Waals surface area contributed by atoms with Gasteiger partial charge in [0.25, 0.3) is 11.6 Å². The van der Waals surface area contributed by atoms with Crippen molar-refractivity contribution in [2.75, 3.05) is 6.54 Å². The number of nitrogens with zero attached hydrogens (tertiary/aromatic N) is 1. The molecule has 0 spiro atoms. The van der Waals surface area contributed by atoms with Crippen molar-refractivity contribution in [1.82, 2.24) is 10.6 Å². The molecule has 0 saturated carbocycles. The molecule has 0 heterocycles. The smallest absolute Gasteiger partial charge is 0.270 e. The second-order valence-corrected chi connectivity index (χ2v) is 6.28. The SMILES string of the molecule is O=C(CCNC(=O)c1ccc(Br)cc1)NCc1cc([N+](=O)[O-])ccc1O. The van der Waals surface area contributed by atoms with Gasteiger partial charge in [-0.3, -0.25) is 19.7 Å². The first-order valence-electron chi connectivity index (χ1n) is 7.63. The maximum atomic E-state index is 11.9. The summed E-state index contributed by atoms with van der Waals surface area (Å²) in [6, 6.07) is 10.4. The first-order chi connectivity index (χ1) is 12.4. The lowest BCUT2D eigenvalue weighted by Gasteiger charge is -2.08. The fourth-order valence-electron chi connectivity index (χ4n) is 2.10. The lowest BCUT2D eigenvalue weighted by Crippen LogP contribution is -2.30. The van der Waals surface area contributed by atoms with E-state index in [9.17, 15) is 24.8 Å². The molecule has 0 unspecified atom stereocenters. The number of amides is 2. The molecule has 2 rings (SSSR count). The summed E-state index contributed by atoms with van der Waals surface area (Å²) in [5.41, 5.74) is 0.551. The van der Waals surface area contributed by atoms with E-state index in [1.807, 2.05) is 0 Å². The third-order valence-corrected chi connectivity index (χ3v) is 4.02. The van der Waals surface area contributed by atoms with Crippen LogP contribution in [0.4, 0.5) is 5.69 Å². The second kappa shape index (κ2) is 8.95. The molecule has 3 N–H and O–H groups in total. The monoisotopic (exact) mass is 421 g/mol. The van der Waals surface area contributed by atoms with Crippen molar-refractivity contribution in [3.8, 4) is 5.75 Å². The quantitative estimate of drug-likeness (QED) is 0.468. The first kappa shape index (κ1) is 19.4. The number of nitrogens with one attached hydrogen (secondary N) is 2. The molecule has 0 atom stereocenters. The van der Waals surface area contributed by atoms with Gasteiger partial charge in [-0.2, -0.15) is 0 Å². The van der Waals surface area contributed by atoms with Gasteiger partial charge in [0, 0.05) is 47.2 Å². The maximum absolute atomic E-state index is 11.9. The van der Waals surface area contributed by atoms with Crippen LogP contribution >= 0.6 is 15.9 Å². The molecule has 2 aromatic rings. The van der Waals surface area contributed by atoms with Crippen LogP contribution in [0.5, 0.6) is 5.75 Å². The Labute approximate surface area is 157 Å². The number of non-ortho nitro benzene ring substituents is 1. The van der Waals surface area contributed by atoms with Crippen LogP contribution in [0.15, 0.2) is 46.9 Å². The van der Waals surface area contributed by atoms with Crippen molar-refractivity contribution in [3.05, 3.63) is 68.2 Å². The molecular weight excluding hydrogens is 406 g/mol. The summed E-state index contributed by atoms with van der Waals surface area (Å²) in [7, 11) is 0. The molecule has 0 radical (unpaired) electrons. The average molecular weight is 422 g/mol. The molecule has 0 aromatic heterocycles. The van der Waals surface area contributed by atoms with Crippen molar-refractivity contribution in [1.29, 1.82) is 0 Å². The second-order valence-electron chi connectivity index (χ2n) is 5.36. The number of hydrogen-bond acceptors (Lipinski definition) is 5. The number of hydrogen-bond donors (Lipinski definition) is 3. The van der Waals surface area contributed by atoms with Gasteiger partial charge in [0.1, 0.15) is 5.75 Å². The molecule has 0 saturated heterocycles. The van der Waals surface area contributed by atoms with E-state index in [1.165, 1.54) is 18.2 Å². The lowest BCUT2D eigenvalue weighted by atomic mass is 10.1. The van der Waals surface area contributed by atoms with Gasteiger partial charge in [-0.1, -0.05) is 15.9 Å². The number of rotatable bonds is 7. The third kappa shape index (κ3) is 5.55. The van der Waals surface area contributed by atoms with Gasteiger partial charge in [-0.25, -0.2) is 0 Å². The fraction of sp³-hybridized carbons (Fsp3) is 0.176. The summed E-state index contributed by atoms with van der Waals surface area (Å²) in [4.78, 5) is 33.9. The Kier molecular flexibility index (Phi) is 6.67. The summed E-state index contributed by atoms with van der Waals surface area (Å²) in [6.07, 6.45) is 0.0396. The number of carbonyl (C=O) groups excluding carboxylic acids is 2. The van der Waals surface area contributed by atoms with Crippen LogP contribution in [0.1, 0.15) is 22.3 Å². The van der Waals surface area contributed by atoms with Crippen molar-refractivity contribution in [2.45, 2.75) is 13.0 Å². The van der Waals surface area contributed by atoms with Gasteiger partial charge in [0.2, 0.25) is 5.91 Å². The van der Waals surface area contributed by atoms with E-state index in [1.54, 1.807) is 24.3 Å². The van der Waals surface area contributed by atoms with E-state index in [0.717, 1.165) is 4.47 Å². The van der Waals surface area contributed by atoms with Crippen molar-refractivity contribution < 1.29 is 19.6 Å². The highest BCUT2D eigenvalue weighted by molar-refractivity contribution is 9.10. The summed E-state index contributed by atoms with van der Waals surface area (Å²) < 4.78 is 0.859. The predicted molar refractivity (Wildman–Crippen MR) is 97.7 cm³/mol. The van der Waals surface area contributed by atoms with Crippen LogP contribution in [0, 0.1) is 10.1 Å². The molecule has 0 fully saturated rings. The van der Waals surface area contributed by atoms with Crippen LogP contribution in [0.25, 0.3) is 0 Å². The minimum Gasteiger partial charge on any atom is -0.508 e. The predicted octanol–water partition coefficient (Wildman–Crippen LogP) is 2.50. The van der Waals surface area contributed by atoms with Gasteiger partial charge < -0.3 is 15.7 Å². The number of phenolic OH excluding ortho intramolecular Hbond substituents is 1. The molecule has 136 valence electrons. The topological polar surface area (TPSA) is 122 Å². The minimum absolute atomic E-state index is 0.0396. The van der Waals surface area contributed by atoms with E-state index in [0.29, 0.717) is 5.56 Å². The Morgan fingerprint density at radius 3 is 2.46 bits per heavy atom. The Hall–Kier alpha value is -2.94. The largest absolute Gasteiger partial charge is 0.508 e. The number of benzene rings is 2. The van der Waals surface area contributed by atoms with Crippen molar-refractivity contribution in [2.24, 2.45) is 0 Å². The van der Waals surface area contributed by atoms with Gasteiger partial charge in [-0.05, 0) is 30.3 Å². The number of phenols is 1. The average Bonchev–Trinajstić information content (AvgIpc) is 2.61. The number of halogens is 1. The third-order valence-electron chi connectivity index (χ3n) is 3.49. The Morgan fingerprint density at radius 1 is 1.12 bits per heavy atom. The summed E-state index contributed by atoms with van der Waals surface area (Å²) >= 11 is 3.28. The number of carbonyl (C=O) groups is 2. The summed E-state index contributed by atoms with van der Waals surface area (Å²) in [5, 5.41) is 25.6. The van der Waals surface area contributed by atoms with Gasteiger partial charge in [0.15, 0.2) is 0 Å². The molecule has 2 aromatic carbocycles. The summed E-state index contributed by atoms with van der Waals surface area (Å²) in [5.74, 6) is -0.784. The van der Waals surface area contributed by atoms with Crippen LogP contribution in [-0.4, -0.2) is 28.4 Å². The first-order valence-corrected chi connectivity index (χ1v) is 8.43. The zero-order valence-electron chi connectivity index (χ0n) is 13.6. The van der Waals surface area contributed by atoms with Gasteiger partial charge in [-0.15, -0.1) is 0 Å². The standard InChI is InChI=1S/C17H16BrN3O5/c18-13-3-1-11(2-4-13)17(24)19-8-7-16(23)20-10-12-9-14(21(25)26)5-6-15(12)22/h1-6,9,22H,7-8,10H2,(H,19,24)(H,20,23). The van der Waals surface area contributed by atoms with Crippen molar-refractivity contribution >= 4 is 33.4 Å². The van der Waals surface area contributed by atoms with Crippen LogP contribution < -0.4 is 10.6 Å². The minimum atomic E-state index is -0.581. The van der Waals surface area contributed by atoms with Crippen LogP contribution in [0.2, 0.25) is 0 Å². The molecule has 0 aliphatic rings. The van der Waals surface area contributed by atoms with Crippen LogP contribution in [0.3, 0.4) is 0 Å². The molecule has 0 bridgehead atoms. The molecule has 0 aliphatic heterocycles. The number of aromatic hydroxyl groups is 1. The zero-order valence-corrected chi connectivity index (χ0v) is 15.2. The molecule has 8 nitrogen and oxygen atoms in total. The molecular formula is C17H16BrN3O5. The maximum Gasteiger partial charge on any atom is 0.270 e. The fourth-order valence-corrected chi connectivity index (χ4v) is 2.37. The Bertz CT molecular complexity index is 824. The molecule has 26 heavy (non-hydrogen) atoms. The van der Waals surface area contributed by atoms with E-state index in [-0.39, 0.29) is 48.3 Å². The van der Waals surface area contributed by atoms with Crippen LogP contribution in [-0.2, 0) is 11.3 Å². The van der Waals surface area contributed by atoms with E-state index in [2.05, 4.69) is 26.6 Å². The van der Waals surface area contributed by atoms with Gasteiger partial charge in [0.05, 0.1) is 4.92 Å². The highest BCUT2D eigenvalue weighted by atomic mass is 79.9. The van der Waals surface area contributed by atoms with E-state index < -0.39 is 4.92 Å². The Balaban J connectivity index is 1.79. The highest BCUT2D eigenvalue weighted by Crippen LogP contribution is 2.22. The van der Waals surface area contributed by atoms with Crippen molar-refractivity contribution in [3.63, 3.8) is 0 Å². The lowest BCUT2D eigenvalue weighted by molar-refractivity contribution is -0.384. The number of nitro groups is 1. The normalized spacial score (nSPS) is 10.2. The van der Waals surface area contributed by atoms with E-state index >= 15 is 0 Å². The molecule has 2 amide bonds. The summed E-state index contributed by atoms with van der Waals surface area (Å²) in [6.45, 7) is 0.0919. The van der Waals surface area contributed by atoms with Gasteiger partial charge >= 0.3 is 0 Å². The zero-order chi connectivity index (χ0) is 19.1. The molecule has 0 aliphatic carbocycles.